The van der Waals surface area contributed by atoms with Crippen LogP contribution in [0.3, 0.4) is 0 Å². The van der Waals surface area contributed by atoms with Gasteiger partial charge in [-0.3, -0.25) is 0 Å². The molecule has 0 radical (unpaired) electrons. The average Bonchev–Trinajstić information content (AvgIpc) is 2.80. The van der Waals surface area contributed by atoms with E-state index in [9.17, 15) is 0 Å². The Morgan fingerprint density at radius 2 is 2.18 bits per heavy atom. The Labute approximate surface area is 109 Å². The van der Waals surface area contributed by atoms with Gasteiger partial charge in [-0.25, -0.2) is 0 Å². The summed E-state index contributed by atoms with van der Waals surface area (Å²) in [4.78, 5) is 4.17. The Hall–Kier alpha value is -1.10. The van der Waals surface area contributed by atoms with E-state index < -0.39 is 6.04 Å². The first kappa shape index (κ1) is 12.4. The minimum atomic E-state index is -0.537. The van der Waals surface area contributed by atoms with E-state index in [0.29, 0.717) is 33.7 Å². The van der Waals surface area contributed by atoms with E-state index in [1.54, 1.807) is 18.2 Å². The van der Waals surface area contributed by atoms with Crippen LogP contribution in [0.15, 0.2) is 22.7 Å². The molecule has 0 fully saturated rings. The number of nitrogens with two attached hydrogens (primary N) is 1. The highest BCUT2D eigenvalue weighted by Crippen LogP contribution is 2.27. The Balaban J connectivity index is 2.35. The largest absolute Gasteiger partial charge is 0.339 e. The van der Waals surface area contributed by atoms with Crippen LogP contribution in [0, 0.1) is 0 Å². The number of benzene rings is 1. The molecule has 0 aliphatic heterocycles. The SMILES string of the molecule is CCc1nc(C(N)c2cc(Cl)ccc2Cl)no1. The summed E-state index contributed by atoms with van der Waals surface area (Å²) in [6, 6.07) is 4.56. The fourth-order valence-corrected chi connectivity index (χ4v) is 1.85. The first-order valence-electron chi connectivity index (χ1n) is 5.14. The van der Waals surface area contributed by atoms with Crippen molar-refractivity contribution in [2.45, 2.75) is 19.4 Å². The molecule has 0 saturated heterocycles. The first-order valence-corrected chi connectivity index (χ1v) is 5.90. The molecular weight excluding hydrogens is 261 g/mol. The van der Waals surface area contributed by atoms with Crippen LogP contribution in [-0.2, 0) is 6.42 Å². The van der Waals surface area contributed by atoms with Gasteiger partial charge in [-0.15, -0.1) is 0 Å². The Kier molecular flexibility index (Phi) is 3.66. The van der Waals surface area contributed by atoms with Crippen molar-refractivity contribution < 1.29 is 4.52 Å². The zero-order valence-corrected chi connectivity index (χ0v) is 10.7. The van der Waals surface area contributed by atoms with Crippen LogP contribution in [0.5, 0.6) is 0 Å². The predicted octanol–water partition coefficient (Wildman–Crippen LogP) is 2.99. The number of rotatable bonds is 3. The molecule has 2 aromatic rings. The topological polar surface area (TPSA) is 64.9 Å². The van der Waals surface area contributed by atoms with E-state index >= 15 is 0 Å². The molecule has 4 nitrogen and oxygen atoms in total. The molecular formula is C11H11Cl2N3O. The third-order valence-electron chi connectivity index (χ3n) is 2.36. The molecule has 1 unspecified atom stereocenters. The van der Waals surface area contributed by atoms with Gasteiger partial charge in [0.2, 0.25) is 5.89 Å². The maximum atomic E-state index is 6.06. The summed E-state index contributed by atoms with van der Waals surface area (Å²) in [6.45, 7) is 1.93. The van der Waals surface area contributed by atoms with Crippen molar-refractivity contribution in [3.05, 3.63) is 45.5 Å². The summed E-state index contributed by atoms with van der Waals surface area (Å²) in [5, 5.41) is 4.92. The lowest BCUT2D eigenvalue weighted by Crippen LogP contribution is -2.14. The molecule has 1 aromatic heterocycles. The van der Waals surface area contributed by atoms with Gasteiger partial charge >= 0.3 is 0 Å². The molecule has 0 aliphatic carbocycles. The number of halogens is 2. The van der Waals surface area contributed by atoms with Crippen LogP contribution in [-0.4, -0.2) is 10.1 Å². The maximum absolute atomic E-state index is 6.06. The van der Waals surface area contributed by atoms with Crippen molar-refractivity contribution in [3.63, 3.8) is 0 Å². The van der Waals surface area contributed by atoms with Crippen molar-refractivity contribution in [3.8, 4) is 0 Å². The molecule has 1 heterocycles. The van der Waals surface area contributed by atoms with Gasteiger partial charge < -0.3 is 10.3 Å². The quantitative estimate of drug-likeness (QED) is 0.932. The molecule has 1 aromatic carbocycles. The lowest BCUT2D eigenvalue weighted by Gasteiger charge is -2.09. The van der Waals surface area contributed by atoms with E-state index in [1.807, 2.05) is 6.92 Å². The van der Waals surface area contributed by atoms with Gasteiger partial charge in [0.15, 0.2) is 5.82 Å². The highest BCUT2D eigenvalue weighted by Gasteiger charge is 2.18. The predicted molar refractivity (Wildman–Crippen MR) is 66.2 cm³/mol. The lowest BCUT2D eigenvalue weighted by atomic mass is 10.1. The van der Waals surface area contributed by atoms with Gasteiger partial charge in [-0.1, -0.05) is 35.3 Å². The highest BCUT2D eigenvalue weighted by atomic mass is 35.5. The van der Waals surface area contributed by atoms with Gasteiger partial charge in [-0.2, -0.15) is 4.98 Å². The van der Waals surface area contributed by atoms with Crippen LogP contribution >= 0.6 is 23.2 Å². The minimum absolute atomic E-state index is 0.408. The fraction of sp³-hybridized carbons (Fsp3) is 0.273. The second kappa shape index (κ2) is 5.04. The smallest absolute Gasteiger partial charge is 0.226 e. The fourth-order valence-electron chi connectivity index (χ4n) is 1.43. The van der Waals surface area contributed by atoms with E-state index in [4.69, 9.17) is 33.5 Å². The second-order valence-corrected chi connectivity index (χ2v) is 4.39. The molecule has 2 N–H and O–H groups in total. The summed E-state index contributed by atoms with van der Waals surface area (Å²) in [5.74, 6) is 0.958. The van der Waals surface area contributed by atoms with E-state index in [0.717, 1.165) is 0 Å². The summed E-state index contributed by atoms with van der Waals surface area (Å²) < 4.78 is 5.01. The molecule has 0 spiro atoms. The van der Waals surface area contributed by atoms with Gasteiger partial charge in [0.1, 0.15) is 0 Å². The molecule has 2 rings (SSSR count). The van der Waals surface area contributed by atoms with E-state index in [-0.39, 0.29) is 0 Å². The Bertz CT molecular complexity index is 527. The van der Waals surface area contributed by atoms with Gasteiger partial charge in [-0.05, 0) is 23.8 Å². The van der Waals surface area contributed by atoms with Crippen LogP contribution in [0.4, 0.5) is 0 Å². The zero-order valence-electron chi connectivity index (χ0n) is 9.15. The van der Waals surface area contributed by atoms with Crippen molar-refractivity contribution in [1.29, 1.82) is 0 Å². The van der Waals surface area contributed by atoms with Crippen molar-refractivity contribution in [2.75, 3.05) is 0 Å². The van der Waals surface area contributed by atoms with Crippen LogP contribution in [0.1, 0.15) is 30.2 Å². The second-order valence-electron chi connectivity index (χ2n) is 3.54. The number of aryl methyl sites for hydroxylation is 1. The van der Waals surface area contributed by atoms with Gasteiger partial charge in [0, 0.05) is 16.5 Å². The summed E-state index contributed by atoms with van der Waals surface area (Å²) in [5.41, 5.74) is 6.71. The standard InChI is InChI=1S/C11H11Cl2N3O/c1-2-9-15-11(16-17-9)10(14)7-5-6(12)3-4-8(7)13/h3-5,10H,2,14H2,1H3. The van der Waals surface area contributed by atoms with Crippen LogP contribution in [0.25, 0.3) is 0 Å². The first-order chi connectivity index (χ1) is 8.11. The average molecular weight is 272 g/mol. The normalized spacial score (nSPS) is 12.7. The lowest BCUT2D eigenvalue weighted by molar-refractivity contribution is 0.375. The molecule has 0 bridgehead atoms. The van der Waals surface area contributed by atoms with Crippen LogP contribution in [0.2, 0.25) is 10.0 Å². The number of aromatic nitrogens is 2. The maximum Gasteiger partial charge on any atom is 0.226 e. The summed E-state index contributed by atoms with van der Waals surface area (Å²) >= 11 is 12.0. The Morgan fingerprint density at radius 3 is 2.82 bits per heavy atom. The monoisotopic (exact) mass is 271 g/mol. The summed E-state index contributed by atoms with van der Waals surface area (Å²) in [6.07, 6.45) is 0.670. The highest BCUT2D eigenvalue weighted by molar-refractivity contribution is 6.33. The van der Waals surface area contributed by atoms with E-state index in [1.165, 1.54) is 0 Å². The molecule has 90 valence electrons. The third-order valence-corrected chi connectivity index (χ3v) is 2.94. The third kappa shape index (κ3) is 2.60. The minimum Gasteiger partial charge on any atom is -0.339 e. The van der Waals surface area contributed by atoms with Crippen molar-refractivity contribution in [1.82, 2.24) is 10.1 Å². The molecule has 1 atom stereocenters. The number of nitrogens with zero attached hydrogens (tertiary/aromatic N) is 2. The van der Waals surface area contributed by atoms with Gasteiger partial charge in [0.05, 0.1) is 6.04 Å². The number of hydrogen-bond donors (Lipinski definition) is 1. The molecule has 0 saturated carbocycles. The molecule has 6 heteroatoms. The zero-order chi connectivity index (χ0) is 12.4. The molecule has 0 aliphatic rings. The van der Waals surface area contributed by atoms with Crippen molar-refractivity contribution >= 4 is 23.2 Å². The Morgan fingerprint density at radius 1 is 1.41 bits per heavy atom. The molecule has 0 amide bonds. The molecule has 17 heavy (non-hydrogen) atoms. The summed E-state index contributed by atoms with van der Waals surface area (Å²) in [7, 11) is 0. The van der Waals surface area contributed by atoms with Crippen molar-refractivity contribution in [2.24, 2.45) is 5.73 Å². The van der Waals surface area contributed by atoms with Crippen LogP contribution < -0.4 is 5.73 Å². The number of hydrogen-bond acceptors (Lipinski definition) is 4. The van der Waals surface area contributed by atoms with E-state index in [2.05, 4.69) is 10.1 Å². The van der Waals surface area contributed by atoms with Gasteiger partial charge in [0.25, 0.3) is 0 Å².